The Hall–Kier alpha value is -1.43. The summed E-state index contributed by atoms with van der Waals surface area (Å²) >= 11 is 0. The van der Waals surface area contributed by atoms with E-state index in [2.05, 4.69) is 33.7 Å². The first kappa shape index (κ1) is 15.5. The molecule has 0 spiro atoms. The number of amides is 1. The smallest absolute Gasteiger partial charge is 0.278 e. The molecule has 1 aromatic rings. The molecule has 2 aliphatic rings. The van der Waals surface area contributed by atoms with Gasteiger partial charge < -0.3 is 4.90 Å². The lowest BCUT2D eigenvalue weighted by molar-refractivity contribution is 0.0693. The highest BCUT2D eigenvalue weighted by molar-refractivity contribution is 5.93. The van der Waals surface area contributed by atoms with Crippen molar-refractivity contribution in [3.8, 4) is 0 Å². The van der Waals surface area contributed by atoms with Gasteiger partial charge in [-0.15, -0.1) is 0 Å². The Kier molecular flexibility index (Phi) is 4.47. The average molecular weight is 306 g/mol. The molecule has 1 amide bonds. The average Bonchev–Trinajstić information content (AvgIpc) is 3.23. The lowest BCUT2D eigenvalue weighted by Crippen LogP contribution is -2.46. The molecule has 0 bridgehead atoms. The molecule has 1 aliphatic heterocycles. The zero-order valence-corrected chi connectivity index (χ0v) is 13.8. The van der Waals surface area contributed by atoms with E-state index in [4.69, 9.17) is 0 Å². The van der Waals surface area contributed by atoms with Crippen LogP contribution in [0.4, 0.5) is 0 Å². The fraction of sp³-hybridized carbons (Fsp3) is 0.812. The maximum atomic E-state index is 12.7. The first-order chi connectivity index (χ1) is 10.6. The predicted octanol–water partition coefficient (Wildman–Crippen LogP) is 1.96. The van der Waals surface area contributed by atoms with Gasteiger partial charge in [-0.3, -0.25) is 9.69 Å². The molecule has 0 radical (unpaired) electrons. The minimum absolute atomic E-state index is 0.0438. The minimum atomic E-state index is -0.0438. The number of rotatable bonds is 4. The molecule has 2 fully saturated rings. The van der Waals surface area contributed by atoms with Crippen molar-refractivity contribution < 1.29 is 9.42 Å². The lowest BCUT2D eigenvalue weighted by Gasteiger charge is -2.34. The number of hydrogen-bond donors (Lipinski definition) is 0. The highest BCUT2D eigenvalue weighted by Gasteiger charge is 2.34. The van der Waals surface area contributed by atoms with Crippen LogP contribution in [-0.4, -0.2) is 58.2 Å². The van der Waals surface area contributed by atoms with Crippen molar-refractivity contribution in [1.29, 1.82) is 0 Å². The molecule has 1 saturated heterocycles. The summed E-state index contributed by atoms with van der Waals surface area (Å²) in [6, 6.07) is 0.423. The quantitative estimate of drug-likeness (QED) is 0.851. The molecule has 1 aromatic heterocycles. The molecule has 0 N–H and O–H groups in total. The van der Waals surface area contributed by atoms with Gasteiger partial charge >= 0.3 is 0 Å². The second kappa shape index (κ2) is 6.36. The fourth-order valence-electron chi connectivity index (χ4n) is 3.31. The van der Waals surface area contributed by atoms with E-state index in [9.17, 15) is 4.79 Å². The molecular formula is C16H26N4O2. The van der Waals surface area contributed by atoms with Crippen LogP contribution in [0.5, 0.6) is 0 Å². The second-order valence-electron chi connectivity index (χ2n) is 7.05. The molecule has 0 unspecified atom stereocenters. The summed E-state index contributed by atoms with van der Waals surface area (Å²) in [5.41, 5.74) is 0.934. The largest absolute Gasteiger partial charge is 0.336 e. The van der Waals surface area contributed by atoms with Crippen LogP contribution in [-0.2, 0) is 0 Å². The Morgan fingerprint density at radius 1 is 1.32 bits per heavy atom. The van der Waals surface area contributed by atoms with Gasteiger partial charge in [-0.25, -0.2) is 4.63 Å². The van der Waals surface area contributed by atoms with Crippen molar-refractivity contribution in [2.24, 2.45) is 11.8 Å². The van der Waals surface area contributed by atoms with Crippen LogP contribution >= 0.6 is 0 Å². The van der Waals surface area contributed by atoms with E-state index in [0.29, 0.717) is 23.3 Å². The molecule has 22 heavy (non-hydrogen) atoms. The monoisotopic (exact) mass is 306 g/mol. The second-order valence-corrected chi connectivity index (χ2v) is 7.05. The van der Waals surface area contributed by atoms with Crippen LogP contribution in [0.25, 0.3) is 0 Å². The lowest BCUT2D eigenvalue weighted by atomic mass is 10.0. The molecule has 2 heterocycles. The maximum absolute atomic E-state index is 12.7. The fourth-order valence-corrected chi connectivity index (χ4v) is 3.31. The Balaban J connectivity index is 1.73. The predicted molar refractivity (Wildman–Crippen MR) is 82.5 cm³/mol. The van der Waals surface area contributed by atoms with Crippen LogP contribution in [0, 0.1) is 18.8 Å². The third-order valence-electron chi connectivity index (χ3n) is 4.85. The normalized spacial score (nSPS) is 23.8. The first-order valence-corrected chi connectivity index (χ1v) is 8.38. The van der Waals surface area contributed by atoms with Crippen molar-refractivity contribution in [3.05, 3.63) is 11.4 Å². The van der Waals surface area contributed by atoms with E-state index in [1.807, 2.05) is 4.90 Å². The summed E-state index contributed by atoms with van der Waals surface area (Å²) < 4.78 is 4.69. The van der Waals surface area contributed by atoms with E-state index in [0.717, 1.165) is 32.0 Å². The van der Waals surface area contributed by atoms with Gasteiger partial charge in [-0.2, -0.15) is 0 Å². The van der Waals surface area contributed by atoms with Gasteiger partial charge in [0.25, 0.3) is 5.91 Å². The zero-order chi connectivity index (χ0) is 15.7. The number of aromatic nitrogens is 2. The number of nitrogens with zero attached hydrogens (tertiary/aromatic N) is 4. The standard InChI is InChI=1S/C16H26N4O2/c1-11(2)14-10-20(16(21)15-12(3)17-22-18-15)8-4-7-19(14)9-13-5-6-13/h11,13-14H,4-10H2,1-3H3/t14-/m1/s1. The SMILES string of the molecule is Cc1nonc1C(=O)N1CCCN(CC2CC2)[C@@H](C(C)C)C1. The van der Waals surface area contributed by atoms with Gasteiger partial charge in [0.15, 0.2) is 5.69 Å². The molecule has 1 atom stereocenters. The molecule has 3 rings (SSSR count). The van der Waals surface area contributed by atoms with E-state index in [1.165, 1.54) is 19.4 Å². The summed E-state index contributed by atoms with van der Waals surface area (Å²) in [6.45, 7) is 10.1. The van der Waals surface area contributed by atoms with Gasteiger partial charge in [-0.1, -0.05) is 19.0 Å². The van der Waals surface area contributed by atoms with E-state index in [1.54, 1.807) is 6.92 Å². The number of aryl methyl sites for hydroxylation is 1. The summed E-state index contributed by atoms with van der Waals surface area (Å²) in [7, 11) is 0. The first-order valence-electron chi connectivity index (χ1n) is 8.38. The molecule has 0 aromatic carbocycles. The zero-order valence-electron chi connectivity index (χ0n) is 13.8. The van der Waals surface area contributed by atoms with Crippen molar-refractivity contribution in [3.63, 3.8) is 0 Å². The van der Waals surface area contributed by atoms with E-state index in [-0.39, 0.29) is 5.91 Å². The summed E-state index contributed by atoms with van der Waals surface area (Å²) in [5.74, 6) is 1.37. The van der Waals surface area contributed by atoms with Gasteiger partial charge in [0, 0.05) is 32.2 Å². The van der Waals surface area contributed by atoms with Crippen LogP contribution < -0.4 is 0 Å². The van der Waals surface area contributed by atoms with Crippen molar-refractivity contribution in [2.75, 3.05) is 26.2 Å². The van der Waals surface area contributed by atoms with Crippen molar-refractivity contribution >= 4 is 5.91 Å². The summed E-state index contributed by atoms with van der Waals surface area (Å²) in [5, 5.41) is 7.51. The highest BCUT2D eigenvalue weighted by Crippen LogP contribution is 2.32. The maximum Gasteiger partial charge on any atom is 0.278 e. The molecule has 122 valence electrons. The van der Waals surface area contributed by atoms with Crippen LogP contribution in [0.15, 0.2) is 4.63 Å². The van der Waals surface area contributed by atoms with Crippen molar-refractivity contribution in [2.45, 2.75) is 46.1 Å². The minimum Gasteiger partial charge on any atom is -0.336 e. The van der Waals surface area contributed by atoms with Crippen LogP contribution in [0.1, 0.15) is 49.3 Å². The molecule has 1 saturated carbocycles. The van der Waals surface area contributed by atoms with E-state index >= 15 is 0 Å². The molecule has 1 aliphatic carbocycles. The topological polar surface area (TPSA) is 62.5 Å². The third kappa shape index (κ3) is 3.32. The Morgan fingerprint density at radius 2 is 2.09 bits per heavy atom. The van der Waals surface area contributed by atoms with Gasteiger partial charge in [-0.05, 0) is 43.2 Å². The summed E-state index contributed by atoms with van der Waals surface area (Å²) in [6.07, 6.45) is 3.76. The molecule has 6 heteroatoms. The molecular weight excluding hydrogens is 280 g/mol. The van der Waals surface area contributed by atoms with Crippen molar-refractivity contribution in [1.82, 2.24) is 20.1 Å². The van der Waals surface area contributed by atoms with Crippen LogP contribution in [0.3, 0.4) is 0 Å². The van der Waals surface area contributed by atoms with E-state index < -0.39 is 0 Å². The number of hydrogen-bond acceptors (Lipinski definition) is 5. The van der Waals surface area contributed by atoms with Gasteiger partial charge in [0.2, 0.25) is 0 Å². The summed E-state index contributed by atoms with van der Waals surface area (Å²) in [4.78, 5) is 17.2. The number of carbonyl (C=O) groups is 1. The molecule has 6 nitrogen and oxygen atoms in total. The highest BCUT2D eigenvalue weighted by atomic mass is 16.6. The van der Waals surface area contributed by atoms with Crippen LogP contribution in [0.2, 0.25) is 0 Å². The Morgan fingerprint density at radius 3 is 2.68 bits per heavy atom. The van der Waals surface area contributed by atoms with Gasteiger partial charge in [0.1, 0.15) is 5.69 Å². The van der Waals surface area contributed by atoms with Gasteiger partial charge in [0.05, 0.1) is 0 Å². The Labute approximate surface area is 131 Å². The Bertz CT molecular complexity index is 524. The number of carbonyl (C=O) groups excluding carboxylic acids is 1. The third-order valence-corrected chi connectivity index (χ3v) is 4.85.